The molecule has 0 aliphatic carbocycles. The molecule has 0 aliphatic heterocycles. The highest BCUT2D eigenvalue weighted by atomic mass is 32.2. The normalized spacial score (nSPS) is 15.4. The van der Waals surface area contributed by atoms with Crippen molar-refractivity contribution in [2.45, 2.75) is 36.9 Å². The van der Waals surface area contributed by atoms with Crippen molar-refractivity contribution in [1.29, 1.82) is 0 Å². The lowest BCUT2D eigenvalue weighted by Gasteiger charge is -2.26. The van der Waals surface area contributed by atoms with E-state index < -0.39 is 6.10 Å². The molecule has 0 heterocycles. The summed E-state index contributed by atoms with van der Waals surface area (Å²) in [5, 5.41) is 14.0. The molecule has 2 rings (SSSR count). The number of hydrogen-bond donors (Lipinski definition) is 2. The van der Waals surface area contributed by atoms with Gasteiger partial charge in [0.05, 0.1) is 6.10 Å². The molecule has 3 atom stereocenters. The maximum absolute atomic E-state index is 10.4. The van der Waals surface area contributed by atoms with Crippen LogP contribution < -0.4 is 5.32 Å². The summed E-state index contributed by atoms with van der Waals surface area (Å²) in [7, 11) is 0. The fourth-order valence-corrected chi connectivity index (χ4v) is 3.45. The molecule has 0 saturated carbocycles. The second kappa shape index (κ2) is 9.56. The minimum Gasteiger partial charge on any atom is -0.387 e. The Kier molecular flexibility index (Phi) is 7.40. The summed E-state index contributed by atoms with van der Waals surface area (Å²) in [6.07, 6.45) is 3.25. The quantitative estimate of drug-likeness (QED) is 0.555. The van der Waals surface area contributed by atoms with Crippen molar-refractivity contribution in [3.63, 3.8) is 0 Å². The molecule has 0 aromatic heterocycles. The third kappa shape index (κ3) is 5.87. The van der Waals surface area contributed by atoms with Crippen LogP contribution >= 0.6 is 11.8 Å². The van der Waals surface area contributed by atoms with Gasteiger partial charge in [-0.15, -0.1) is 11.8 Å². The van der Waals surface area contributed by atoms with Gasteiger partial charge in [0.25, 0.3) is 0 Å². The summed E-state index contributed by atoms with van der Waals surface area (Å²) in [4.78, 5) is 1.22. The fraction of sp³-hybridized carbons (Fsp3) is 0.300. The lowest BCUT2D eigenvalue weighted by Crippen LogP contribution is -2.42. The van der Waals surface area contributed by atoms with Crippen molar-refractivity contribution >= 4 is 11.8 Å². The zero-order valence-electron chi connectivity index (χ0n) is 13.7. The molecule has 0 radical (unpaired) electrons. The molecular formula is C20H25NOS. The Bertz CT molecular complexity index is 585. The maximum atomic E-state index is 10.4. The molecule has 0 bridgehead atoms. The van der Waals surface area contributed by atoms with E-state index in [1.165, 1.54) is 10.5 Å². The van der Waals surface area contributed by atoms with Gasteiger partial charge in [0.1, 0.15) is 0 Å². The van der Waals surface area contributed by atoms with E-state index in [0.29, 0.717) is 0 Å². The lowest BCUT2D eigenvalue weighted by molar-refractivity contribution is 0.175. The Hall–Kier alpha value is -1.55. The Balaban J connectivity index is 2.02. The van der Waals surface area contributed by atoms with Crippen molar-refractivity contribution < 1.29 is 5.11 Å². The number of aliphatic hydroxyl groups is 1. The summed E-state index contributed by atoms with van der Waals surface area (Å²) in [5.74, 6) is 0.812. The van der Waals surface area contributed by atoms with Crippen LogP contribution in [-0.4, -0.2) is 23.0 Å². The van der Waals surface area contributed by atoms with E-state index in [1.54, 1.807) is 11.8 Å². The van der Waals surface area contributed by atoms with Gasteiger partial charge in [-0.25, -0.2) is 0 Å². The van der Waals surface area contributed by atoms with E-state index in [4.69, 9.17) is 0 Å². The van der Waals surface area contributed by atoms with Gasteiger partial charge in [-0.3, -0.25) is 0 Å². The highest BCUT2D eigenvalue weighted by molar-refractivity contribution is 7.99. The average molecular weight is 327 g/mol. The van der Waals surface area contributed by atoms with Crippen LogP contribution in [0.25, 0.3) is 0 Å². The highest BCUT2D eigenvalue weighted by Gasteiger charge is 2.19. The third-order valence-corrected chi connectivity index (χ3v) is 4.87. The van der Waals surface area contributed by atoms with Crippen LogP contribution in [0.4, 0.5) is 0 Å². The summed E-state index contributed by atoms with van der Waals surface area (Å²) in [6, 6.07) is 20.8. The van der Waals surface area contributed by atoms with E-state index in [1.807, 2.05) is 55.5 Å². The van der Waals surface area contributed by atoms with Gasteiger partial charge in [-0.05, 0) is 31.5 Å². The standard InChI is InChI=1S/C20H25NOS/c1-3-10-20(22)19(15-23-18-13-8-5-9-14-18)21-16(2)17-11-6-4-7-12-17/h3-14,16,19-22H,15H2,1-2H3/b10-3+/t16-,19-,20+/m1/s1. The van der Waals surface area contributed by atoms with Crippen LogP contribution in [0, 0.1) is 0 Å². The second-order valence-electron chi connectivity index (χ2n) is 5.55. The number of rotatable bonds is 8. The molecular weight excluding hydrogens is 302 g/mol. The summed E-state index contributed by atoms with van der Waals surface area (Å²) in [5.41, 5.74) is 1.23. The van der Waals surface area contributed by atoms with Crippen molar-refractivity contribution in [2.75, 3.05) is 5.75 Å². The maximum Gasteiger partial charge on any atom is 0.0882 e. The average Bonchev–Trinajstić information content (AvgIpc) is 2.60. The van der Waals surface area contributed by atoms with E-state index in [0.717, 1.165) is 5.75 Å². The molecule has 0 spiro atoms. The fourth-order valence-electron chi connectivity index (χ4n) is 2.44. The van der Waals surface area contributed by atoms with Crippen LogP contribution in [0.5, 0.6) is 0 Å². The van der Waals surface area contributed by atoms with Crippen LogP contribution in [0.1, 0.15) is 25.5 Å². The molecule has 2 aromatic carbocycles. The molecule has 0 unspecified atom stereocenters. The first kappa shape index (κ1) is 17.8. The van der Waals surface area contributed by atoms with E-state index >= 15 is 0 Å². The minimum absolute atomic E-state index is 0.00777. The smallest absolute Gasteiger partial charge is 0.0882 e. The van der Waals surface area contributed by atoms with Crippen LogP contribution in [0.15, 0.2) is 77.7 Å². The van der Waals surface area contributed by atoms with Gasteiger partial charge in [0.2, 0.25) is 0 Å². The number of aliphatic hydroxyl groups excluding tert-OH is 1. The number of nitrogens with one attached hydrogen (secondary N) is 1. The van der Waals surface area contributed by atoms with Crippen LogP contribution in [0.3, 0.4) is 0 Å². The molecule has 2 aromatic rings. The molecule has 0 saturated heterocycles. The number of hydrogen-bond acceptors (Lipinski definition) is 3. The predicted octanol–water partition coefficient (Wildman–Crippen LogP) is 4.44. The zero-order chi connectivity index (χ0) is 16.5. The number of allylic oxidation sites excluding steroid dienone is 1. The minimum atomic E-state index is -0.498. The first-order valence-corrected chi connectivity index (χ1v) is 8.99. The summed E-state index contributed by atoms with van der Waals surface area (Å²) >= 11 is 1.76. The lowest BCUT2D eigenvalue weighted by atomic mass is 10.1. The van der Waals surface area contributed by atoms with Crippen molar-refractivity contribution in [3.8, 4) is 0 Å². The summed E-state index contributed by atoms with van der Waals surface area (Å²) in [6.45, 7) is 4.07. The van der Waals surface area contributed by atoms with Gasteiger partial charge in [-0.1, -0.05) is 60.7 Å². The van der Waals surface area contributed by atoms with E-state index in [-0.39, 0.29) is 12.1 Å². The largest absolute Gasteiger partial charge is 0.387 e. The number of benzene rings is 2. The van der Waals surface area contributed by atoms with Crippen molar-refractivity contribution in [1.82, 2.24) is 5.32 Å². The molecule has 0 aliphatic rings. The molecule has 23 heavy (non-hydrogen) atoms. The topological polar surface area (TPSA) is 32.3 Å². The van der Waals surface area contributed by atoms with Gasteiger partial charge in [0, 0.05) is 22.7 Å². The monoisotopic (exact) mass is 327 g/mol. The Morgan fingerprint density at radius 1 is 1.04 bits per heavy atom. The predicted molar refractivity (Wildman–Crippen MR) is 99.8 cm³/mol. The first-order valence-electron chi connectivity index (χ1n) is 8.00. The summed E-state index contributed by atoms with van der Waals surface area (Å²) < 4.78 is 0. The van der Waals surface area contributed by atoms with Crippen molar-refractivity contribution in [3.05, 3.63) is 78.4 Å². The molecule has 122 valence electrons. The SMILES string of the molecule is C/C=C/[C@H](O)[C@@H](CSc1ccccc1)N[C@H](C)c1ccccc1. The number of thioether (sulfide) groups is 1. The van der Waals surface area contributed by atoms with E-state index in [2.05, 4.69) is 36.5 Å². The second-order valence-corrected chi connectivity index (χ2v) is 6.64. The third-order valence-electron chi connectivity index (χ3n) is 3.74. The molecule has 2 nitrogen and oxygen atoms in total. The zero-order valence-corrected chi connectivity index (χ0v) is 14.5. The van der Waals surface area contributed by atoms with Crippen LogP contribution in [-0.2, 0) is 0 Å². The van der Waals surface area contributed by atoms with Crippen molar-refractivity contribution in [2.24, 2.45) is 0 Å². The van der Waals surface area contributed by atoms with E-state index in [9.17, 15) is 5.11 Å². The molecule has 3 heteroatoms. The molecule has 0 fully saturated rings. The Morgan fingerprint density at radius 3 is 2.26 bits per heavy atom. The molecule has 0 amide bonds. The highest BCUT2D eigenvalue weighted by Crippen LogP contribution is 2.21. The molecule has 2 N–H and O–H groups in total. The first-order chi connectivity index (χ1) is 11.2. The Morgan fingerprint density at radius 2 is 1.65 bits per heavy atom. The van der Waals surface area contributed by atoms with Gasteiger partial charge in [-0.2, -0.15) is 0 Å². The van der Waals surface area contributed by atoms with Gasteiger partial charge in [0.15, 0.2) is 0 Å². The van der Waals surface area contributed by atoms with Gasteiger partial charge >= 0.3 is 0 Å². The van der Waals surface area contributed by atoms with Gasteiger partial charge < -0.3 is 10.4 Å². The Labute approximate surface area is 143 Å². The van der Waals surface area contributed by atoms with Crippen LogP contribution in [0.2, 0.25) is 0 Å².